The van der Waals surface area contributed by atoms with Gasteiger partial charge in [0, 0.05) is 0 Å². The van der Waals surface area contributed by atoms with Crippen LogP contribution in [0.1, 0.15) is 61.3 Å². The zero-order valence-corrected chi connectivity index (χ0v) is 28.3. The number of para-hydroxylation sites is 2. The predicted octanol–water partition coefficient (Wildman–Crippen LogP) is 10.8. The van der Waals surface area contributed by atoms with Crippen LogP contribution in [0.2, 0.25) is 0 Å². The summed E-state index contributed by atoms with van der Waals surface area (Å²) < 4.78 is 56.6. The van der Waals surface area contributed by atoms with Crippen LogP contribution in [0.4, 0.5) is 0 Å². The smallest absolute Gasteiger partial charge is 0.404 e. The fourth-order valence-corrected chi connectivity index (χ4v) is 5.13. The molecule has 0 saturated heterocycles. The zero-order chi connectivity index (χ0) is 32.3. The summed E-state index contributed by atoms with van der Waals surface area (Å²) in [6.45, 7) is 24.7. The summed E-state index contributed by atoms with van der Waals surface area (Å²) >= 11 is 0. The van der Waals surface area contributed by atoms with Crippen molar-refractivity contribution < 1.29 is 36.3 Å². The molecule has 2 rings (SSSR count). The number of rotatable bonds is 17. The van der Waals surface area contributed by atoms with Crippen LogP contribution in [0, 0.1) is 5.92 Å². The summed E-state index contributed by atoms with van der Waals surface area (Å²) in [6, 6.07) is 17.7. The first-order valence-electron chi connectivity index (χ1n) is 14.1. The van der Waals surface area contributed by atoms with E-state index in [1.165, 1.54) is 0 Å². The molecule has 0 saturated carbocycles. The van der Waals surface area contributed by atoms with Crippen LogP contribution in [0.3, 0.4) is 0 Å². The average molecular weight is 627 g/mol. The molecule has 0 aliphatic carbocycles. The minimum atomic E-state index is -3.57. The van der Waals surface area contributed by atoms with Crippen molar-refractivity contribution >= 4 is 15.6 Å². The normalized spacial score (nSPS) is 12.9. The van der Waals surface area contributed by atoms with E-state index in [1.807, 2.05) is 46.8 Å². The van der Waals surface area contributed by atoms with Crippen molar-refractivity contribution in [1.29, 1.82) is 0 Å². The molecule has 0 aromatic heterocycles. The molecule has 42 heavy (non-hydrogen) atoms. The molecule has 0 amide bonds. The lowest BCUT2D eigenvalue weighted by atomic mass is 10.2. The number of phosphoric acid groups is 2. The first-order valence-corrected chi connectivity index (χ1v) is 17.0. The molecule has 2 aromatic rings. The van der Waals surface area contributed by atoms with E-state index in [0.717, 1.165) is 0 Å². The molecule has 10 heteroatoms. The van der Waals surface area contributed by atoms with Crippen molar-refractivity contribution in [3.63, 3.8) is 0 Å². The predicted molar refractivity (Wildman–Crippen MR) is 175 cm³/mol. The van der Waals surface area contributed by atoms with Crippen LogP contribution >= 0.6 is 15.6 Å². The maximum atomic E-state index is 12.5. The number of hydrogen-bond donors (Lipinski definition) is 0. The molecule has 2 unspecified atom stereocenters. The van der Waals surface area contributed by atoms with Crippen LogP contribution in [-0.2, 0) is 27.2 Å². The Labute approximate surface area is 255 Å². The minimum Gasteiger partial charge on any atom is -0.404 e. The Balaban J connectivity index is 0. The van der Waals surface area contributed by atoms with E-state index in [9.17, 15) is 9.13 Å². The fraction of sp³-hybridized carbons (Fsp3) is 0.438. The fourth-order valence-electron chi connectivity index (χ4n) is 2.38. The van der Waals surface area contributed by atoms with Crippen molar-refractivity contribution in [2.75, 3.05) is 19.8 Å². The minimum absolute atomic E-state index is 0.246. The second-order valence-corrected chi connectivity index (χ2v) is 11.9. The van der Waals surface area contributed by atoms with Gasteiger partial charge in [0.2, 0.25) is 0 Å². The van der Waals surface area contributed by atoms with Gasteiger partial charge in [0.05, 0.1) is 25.9 Å². The summed E-state index contributed by atoms with van der Waals surface area (Å²) in [5.74, 6) is 1.17. The van der Waals surface area contributed by atoms with E-state index in [-0.39, 0.29) is 25.2 Å². The molecular weight excluding hydrogens is 574 g/mol. The lowest BCUT2D eigenvalue weighted by molar-refractivity contribution is 0.127. The highest BCUT2D eigenvalue weighted by molar-refractivity contribution is 7.49. The van der Waals surface area contributed by atoms with E-state index >= 15 is 0 Å². The Morgan fingerprint density at radius 2 is 1.07 bits per heavy atom. The SMILES string of the molecule is C=CC.C=CCCOP(=O)(OCC(C)C)Oc1ccccc1.C=CCCOP(=O)(Oc1ccccc1)OC(C)C.CC. The Hall–Kier alpha value is -2.44. The van der Waals surface area contributed by atoms with Gasteiger partial charge < -0.3 is 9.05 Å². The van der Waals surface area contributed by atoms with Crippen LogP contribution in [0.25, 0.3) is 0 Å². The molecule has 0 heterocycles. The maximum absolute atomic E-state index is 12.5. The van der Waals surface area contributed by atoms with E-state index in [2.05, 4.69) is 19.7 Å². The van der Waals surface area contributed by atoms with Gasteiger partial charge in [0.25, 0.3) is 0 Å². The van der Waals surface area contributed by atoms with Gasteiger partial charge in [-0.1, -0.05) is 82.3 Å². The molecule has 2 atom stereocenters. The van der Waals surface area contributed by atoms with Gasteiger partial charge in [-0.05, 0) is 63.8 Å². The van der Waals surface area contributed by atoms with E-state index in [0.29, 0.717) is 30.9 Å². The van der Waals surface area contributed by atoms with Gasteiger partial charge >= 0.3 is 15.6 Å². The molecule has 0 spiro atoms. The van der Waals surface area contributed by atoms with Crippen molar-refractivity contribution in [1.82, 2.24) is 0 Å². The third-order valence-corrected chi connectivity index (χ3v) is 6.98. The lowest BCUT2D eigenvalue weighted by Crippen LogP contribution is -2.08. The molecule has 2 aromatic carbocycles. The van der Waals surface area contributed by atoms with Crippen molar-refractivity contribution in [2.24, 2.45) is 5.92 Å². The molecule has 0 fully saturated rings. The van der Waals surface area contributed by atoms with E-state index < -0.39 is 15.6 Å². The van der Waals surface area contributed by atoms with Gasteiger partial charge in [-0.2, -0.15) is 0 Å². The summed E-state index contributed by atoms with van der Waals surface area (Å²) in [5.41, 5.74) is 0. The monoisotopic (exact) mass is 626 g/mol. The summed E-state index contributed by atoms with van der Waals surface area (Å²) in [5, 5.41) is 0. The molecular formula is C32H52O8P2. The highest BCUT2D eigenvalue weighted by Gasteiger charge is 2.30. The van der Waals surface area contributed by atoms with E-state index in [1.54, 1.807) is 80.6 Å². The largest absolute Gasteiger partial charge is 0.530 e. The maximum Gasteiger partial charge on any atom is 0.530 e. The second-order valence-electron chi connectivity index (χ2n) is 8.78. The van der Waals surface area contributed by atoms with Gasteiger partial charge in [-0.25, -0.2) is 9.13 Å². The van der Waals surface area contributed by atoms with Gasteiger partial charge in [0.15, 0.2) is 0 Å². The van der Waals surface area contributed by atoms with Crippen LogP contribution in [-0.4, -0.2) is 25.9 Å². The number of allylic oxidation sites excluding steroid dienone is 1. The highest BCUT2D eigenvalue weighted by Crippen LogP contribution is 2.51. The first kappa shape index (κ1) is 41.7. The molecule has 0 aliphatic rings. The molecule has 0 bridgehead atoms. The number of benzene rings is 2. The number of phosphoric ester groups is 2. The second kappa shape index (κ2) is 26.2. The Bertz CT molecular complexity index is 1030. The standard InChI is InChI=1S/C14H21O4P.C13H19O4P.C3H6.C2H6/c1-4-5-11-16-19(15,17-12-13(2)3)18-14-9-7-6-8-10-14;1-4-5-11-15-18(14,16-12(2)3)17-13-9-7-6-8-10-13;1-3-2;1-2/h4,6-10,13H,1,5,11-12H2,2-3H3;4,6-10,12H,1,5,11H2,2-3H3;3H,1H2,2H3;1-2H3. The van der Waals surface area contributed by atoms with E-state index in [4.69, 9.17) is 27.1 Å². The third-order valence-electron chi connectivity index (χ3n) is 3.97. The molecule has 0 radical (unpaired) electrons. The first-order chi connectivity index (χ1) is 20.0. The summed E-state index contributed by atoms with van der Waals surface area (Å²) in [4.78, 5) is 0. The quantitative estimate of drug-likeness (QED) is 0.0973. The number of hydrogen-bond acceptors (Lipinski definition) is 8. The van der Waals surface area contributed by atoms with Gasteiger partial charge in [-0.3, -0.25) is 18.1 Å². The van der Waals surface area contributed by atoms with Crippen molar-refractivity contribution in [2.45, 2.75) is 67.4 Å². The van der Waals surface area contributed by atoms with Gasteiger partial charge in [-0.15, -0.1) is 19.7 Å². The van der Waals surface area contributed by atoms with Crippen molar-refractivity contribution in [3.05, 3.63) is 98.6 Å². The molecule has 0 aliphatic heterocycles. The molecule has 238 valence electrons. The zero-order valence-electron chi connectivity index (χ0n) is 26.5. The molecule has 8 nitrogen and oxygen atoms in total. The summed E-state index contributed by atoms with van der Waals surface area (Å²) in [7, 11) is -7.15. The molecule has 0 N–H and O–H groups in total. The van der Waals surface area contributed by atoms with Crippen LogP contribution in [0.15, 0.2) is 98.6 Å². The Kier molecular flexibility index (Phi) is 26.0. The lowest BCUT2D eigenvalue weighted by Gasteiger charge is -2.20. The van der Waals surface area contributed by atoms with Gasteiger partial charge in [0.1, 0.15) is 11.5 Å². The van der Waals surface area contributed by atoms with Crippen LogP contribution in [0.5, 0.6) is 11.5 Å². The third kappa shape index (κ3) is 23.2. The topological polar surface area (TPSA) is 89.5 Å². The van der Waals surface area contributed by atoms with Crippen molar-refractivity contribution in [3.8, 4) is 11.5 Å². The summed E-state index contributed by atoms with van der Waals surface area (Å²) in [6.07, 6.45) is 6.05. The highest BCUT2D eigenvalue weighted by atomic mass is 31.2. The average Bonchev–Trinajstić information content (AvgIpc) is 2.95. The Morgan fingerprint density at radius 3 is 1.43 bits per heavy atom. The Morgan fingerprint density at radius 1 is 0.690 bits per heavy atom. The van der Waals surface area contributed by atoms with Crippen LogP contribution < -0.4 is 9.05 Å².